The normalized spacial score (nSPS) is 19.7. The number of aliphatic carboxylic acids is 2. The molecule has 0 unspecified atom stereocenters. The average molecular weight is 300 g/mol. The third-order valence-corrected chi connectivity index (χ3v) is 3.42. The van der Waals surface area contributed by atoms with Gasteiger partial charge in [-0.1, -0.05) is 13.3 Å². The summed E-state index contributed by atoms with van der Waals surface area (Å²) in [6.07, 6.45) is 2.34. The maximum Gasteiger partial charge on any atom is 0.326 e. The van der Waals surface area contributed by atoms with Crippen molar-refractivity contribution in [3.8, 4) is 0 Å². The van der Waals surface area contributed by atoms with Crippen LogP contribution in [0, 0.1) is 0 Å². The van der Waals surface area contributed by atoms with Crippen molar-refractivity contribution in [3.63, 3.8) is 0 Å². The first-order valence-electron chi connectivity index (χ1n) is 6.95. The second kappa shape index (κ2) is 7.61. The maximum atomic E-state index is 12.0. The van der Waals surface area contributed by atoms with Crippen molar-refractivity contribution in [2.24, 2.45) is 0 Å². The molecule has 1 heterocycles. The van der Waals surface area contributed by atoms with Crippen LogP contribution < -0.4 is 5.32 Å². The molecule has 1 aliphatic rings. The zero-order valence-corrected chi connectivity index (χ0v) is 11.9. The lowest BCUT2D eigenvalue weighted by Gasteiger charge is -2.32. The summed E-state index contributed by atoms with van der Waals surface area (Å²) in [5, 5.41) is 20.2. The summed E-state index contributed by atoms with van der Waals surface area (Å²) in [6, 6.07) is -2.16. The number of carbonyl (C=O) groups is 4. The first-order chi connectivity index (χ1) is 9.88. The highest BCUT2D eigenvalue weighted by Gasteiger charge is 2.36. The molecule has 2 amide bonds. The largest absolute Gasteiger partial charge is 0.480 e. The van der Waals surface area contributed by atoms with E-state index >= 15 is 0 Å². The fourth-order valence-corrected chi connectivity index (χ4v) is 2.33. The lowest BCUT2D eigenvalue weighted by molar-refractivity contribution is -0.157. The number of likely N-dealkylation sites (tertiary alicyclic amines) is 1. The number of nitrogens with one attached hydrogen (secondary N) is 1. The standard InChI is InChI=1S/C13H20N2O6/c1-2-5-8(12(18)19)14-10(16)11(17)15-7-4-3-6-9(15)13(20)21/h8-9H,2-7H2,1H3,(H,14,16)(H,18,19)(H,20,21)/t8-,9-/m1/s1. The Morgan fingerprint density at radius 3 is 2.43 bits per heavy atom. The van der Waals surface area contributed by atoms with Gasteiger partial charge in [0, 0.05) is 6.54 Å². The molecule has 0 aliphatic carbocycles. The van der Waals surface area contributed by atoms with Gasteiger partial charge in [-0.15, -0.1) is 0 Å². The molecule has 0 bridgehead atoms. The minimum Gasteiger partial charge on any atom is -0.480 e. The second-order valence-corrected chi connectivity index (χ2v) is 5.00. The van der Waals surface area contributed by atoms with E-state index in [1.807, 2.05) is 0 Å². The van der Waals surface area contributed by atoms with Gasteiger partial charge in [-0.25, -0.2) is 9.59 Å². The first kappa shape index (κ1) is 16.9. The summed E-state index contributed by atoms with van der Waals surface area (Å²) in [7, 11) is 0. The van der Waals surface area contributed by atoms with Crippen LogP contribution in [0.4, 0.5) is 0 Å². The van der Waals surface area contributed by atoms with Crippen molar-refractivity contribution in [2.45, 2.75) is 51.1 Å². The molecule has 0 spiro atoms. The topological polar surface area (TPSA) is 124 Å². The summed E-state index contributed by atoms with van der Waals surface area (Å²) in [5.74, 6) is -4.42. The Hall–Kier alpha value is -2.12. The zero-order chi connectivity index (χ0) is 16.0. The number of amides is 2. The Morgan fingerprint density at radius 1 is 1.24 bits per heavy atom. The Bertz CT molecular complexity index is 436. The Morgan fingerprint density at radius 2 is 1.90 bits per heavy atom. The summed E-state index contributed by atoms with van der Waals surface area (Å²) < 4.78 is 0. The molecule has 3 N–H and O–H groups in total. The highest BCUT2D eigenvalue weighted by atomic mass is 16.4. The molecule has 1 saturated heterocycles. The van der Waals surface area contributed by atoms with Gasteiger partial charge in [0.2, 0.25) is 0 Å². The van der Waals surface area contributed by atoms with Crippen LogP contribution in [0.3, 0.4) is 0 Å². The predicted molar refractivity (Wildman–Crippen MR) is 71.5 cm³/mol. The van der Waals surface area contributed by atoms with Crippen molar-refractivity contribution in [3.05, 3.63) is 0 Å². The van der Waals surface area contributed by atoms with Gasteiger partial charge in [-0.2, -0.15) is 0 Å². The van der Waals surface area contributed by atoms with Gasteiger partial charge in [-0.3, -0.25) is 9.59 Å². The maximum absolute atomic E-state index is 12.0. The molecule has 118 valence electrons. The van der Waals surface area contributed by atoms with E-state index in [1.165, 1.54) is 0 Å². The molecule has 2 atom stereocenters. The van der Waals surface area contributed by atoms with Crippen LogP contribution in [0.5, 0.6) is 0 Å². The number of hydrogen-bond acceptors (Lipinski definition) is 4. The summed E-state index contributed by atoms with van der Waals surface area (Å²) in [4.78, 5) is 46.9. The van der Waals surface area contributed by atoms with Crippen molar-refractivity contribution in [1.29, 1.82) is 0 Å². The van der Waals surface area contributed by atoms with E-state index in [-0.39, 0.29) is 13.0 Å². The third kappa shape index (κ3) is 4.44. The number of carbonyl (C=O) groups excluding carboxylic acids is 2. The molecule has 0 saturated carbocycles. The Balaban J connectivity index is 2.73. The minimum atomic E-state index is -1.22. The van der Waals surface area contributed by atoms with Gasteiger partial charge in [0.1, 0.15) is 12.1 Å². The molecule has 0 aromatic carbocycles. The van der Waals surface area contributed by atoms with Gasteiger partial charge in [-0.05, 0) is 25.7 Å². The summed E-state index contributed by atoms with van der Waals surface area (Å²) in [5.41, 5.74) is 0. The van der Waals surface area contributed by atoms with Crippen molar-refractivity contribution >= 4 is 23.8 Å². The SMILES string of the molecule is CCC[C@@H](NC(=O)C(=O)N1CCCC[C@@H]1C(=O)O)C(=O)O. The molecule has 1 fully saturated rings. The van der Waals surface area contributed by atoms with Crippen LogP contribution in [0.1, 0.15) is 39.0 Å². The predicted octanol–water partition coefficient (Wildman–Crippen LogP) is -0.178. The lowest BCUT2D eigenvalue weighted by Crippen LogP contribution is -2.55. The van der Waals surface area contributed by atoms with E-state index in [0.717, 1.165) is 4.90 Å². The van der Waals surface area contributed by atoms with Crippen LogP contribution in [0.2, 0.25) is 0 Å². The minimum absolute atomic E-state index is 0.189. The first-order valence-corrected chi connectivity index (χ1v) is 6.95. The van der Waals surface area contributed by atoms with Gasteiger partial charge in [0.15, 0.2) is 0 Å². The van der Waals surface area contributed by atoms with Crippen LogP contribution >= 0.6 is 0 Å². The van der Waals surface area contributed by atoms with Crippen LogP contribution in [0.15, 0.2) is 0 Å². The summed E-state index contributed by atoms with van der Waals surface area (Å²) >= 11 is 0. The van der Waals surface area contributed by atoms with E-state index in [0.29, 0.717) is 25.7 Å². The van der Waals surface area contributed by atoms with E-state index in [1.54, 1.807) is 6.92 Å². The van der Waals surface area contributed by atoms with Crippen molar-refractivity contribution < 1.29 is 29.4 Å². The highest BCUT2D eigenvalue weighted by molar-refractivity contribution is 6.35. The monoisotopic (exact) mass is 300 g/mol. The molecule has 1 aliphatic heterocycles. The fourth-order valence-electron chi connectivity index (χ4n) is 2.33. The van der Waals surface area contributed by atoms with Crippen LogP contribution in [-0.4, -0.2) is 57.5 Å². The number of rotatable bonds is 5. The Labute approximate surface area is 122 Å². The number of carboxylic acid groups (broad SMARTS) is 2. The number of carboxylic acids is 2. The number of hydrogen-bond donors (Lipinski definition) is 3. The van der Waals surface area contributed by atoms with Gasteiger partial charge >= 0.3 is 23.8 Å². The molecular weight excluding hydrogens is 280 g/mol. The smallest absolute Gasteiger partial charge is 0.326 e. The molecule has 8 heteroatoms. The third-order valence-electron chi connectivity index (χ3n) is 3.42. The highest BCUT2D eigenvalue weighted by Crippen LogP contribution is 2.17. The molecule has 8 nitrogen and oxygen atoms in total. The molecule has 21 heavy (non-hydrogen) atoms. The molecule has 0 aromatic heterocycles. The molecule has 0 radical (unpaired) electrons. The van der Waals surface area contributed by atoms with Gasteiger partial charge < -0.3 is 20.4 Å². The van der Waals surface area contributed by atoms with E-state index in [2.05, 4.69) is 5.32 Å². The lowest BCUT2D eigenvalue weighted by atomic mass is 10.0. The molecular formula is C13H20N2O6. The molecule has 1 rings (SSSR count). The fraction of sp³-hybridized carbons (Fsp3) is 0.692. The zero-order valence-electron chi connectivity index (χ0n) is 11.9. The number of piperidine rings is 1. The van der Waals surface area contributed by atoms with E-state index in [4.69, 9.17) is 10.2 Å². The van der Waals surface area contributed by atoms with Crippen LogP contribution in [-0.2, 0) is 19.2 Å². The van der Waals surface area contributed by atoms with Crippen molar-refractivity contribution in [2.75, 3.05) is 6.54 Å². The van der Waals surface area contributed by atoms with E-state index < -0.39 is 35.8 Å². The number of nitrogens with zero attached hydrogens (tertiary/aromatic N) is 1. The van der Waals surface area contributed by atoms with Crippen LogP contribution in [0.25, 0.3) is 0 Å². The van der Waals surface area contributed by atoms with Crippen molar-refractivity contribution in [1.82, 2.24) is 10.2 Å². The Kier molecular flexibility index (Phi) is 6.13. The summed E-state index contributed by atoms with van der Waals surface area (Å²) in [6.45, 7) is 1.95. The van der Waals surface area contributed by atoms with Gasteiger partial charge in [0.05, 0.1) is 0 Å². The van der Waals surface area contributed by atoms with Gasteiger partial charge in [0.25, 0.3) is 0 Å². The van der Waals surface area contributed by atoms with E-state index in [9.17, 15) is 19.2 Å². The molecule has 0 aromatic rings. The quantitative estimate of drug-likeness (QED) is 0.605. The average Bonchev–Trinajstić information content (AvgIpc) is 2.45. The second-order valence-electron chi connectivity index (χ2n) is 5.00.